The van der Waals surface area contributed by atoms with Crippen molar-refractivity contribution in [1.82, 2.24) is 15.1 Å². The maximum atomic E-state index is 12.1. The van der Waals surface area contributed by atoms with Crippen LogP contribution >= 0.6 is 23.7 Å². The molecule has 0 aliphatic carbocycles. The van der Waals surface area contributed by atoms with Crippen molar-refractivity contribution in [3.8, 4) is 10.4 Å². The highest BCUT2D eigenvalue weighted by Crippen LogP contribution is 2.31. The van der Waals surface area contributed by atoms with Crippen molar-refractivity contribution in [2.24, 2.45) is 11.7 Å². The van der Waals surface area contributed by atoms with Crippen LogP contribution in [0.25, 0.3) is 20.7 Å². The summed E-state index contributed by atoms with van der Waals surface area (Å²) < 4.78 is 5.40. The largest absolute Gasteiger partial charge is 0.364 e. The van der Waals surface area contributed by atoms with E-state index in [1.165, 1.54) is 11.3 Å². The average molecular weight is 327 g/mol. The van der Waals surface area contributed by atoms with Gasteiger partial charge in [0.2, 0.25) is 0 Å². The molecule has 21 heavy (non-hydrogen) atoms. The molecule has 0 saturated heterocycles. The zero-order valence-corrected chi connectivity index (χ0v) is 13.1. The number of nitrogens with one attached hydrogen (secondary N) is 1. The molecule has 0 aliphatic heterocycles. The molecule has 0 amide bonds. The molecule has 0 unspecified atom stereocenters. The fourth-order valence-electron chi connectivity index (χ4n) is 1.90. The van der Waals surface area contributed by atoms with Gasteiger partial charge < -0.3 is 15.2 Å². The van der Waals surface area contributed by atoms with E-state index in [0.717, 1.165) is 10.4 Å². The summed E-state index contributed by atoms with van der Waals surface area (Å²) in [6.45, 7) is 3.98. The van der Waals surface area contributed by atoms with Gasteiger partial charge in [0.25, 0.3) is 5.56 Å². The fourth-order valence-corrected chi connectivity index (χ4v) is 2.86. The van der Waals surface area contributed by atoms with E-state index < -0.39 is 0 Å². The van der Waals surface area contributed by atoms with Crippen molar-refractivity contribution in [3.63, 3.8) is 0 Å². The molecule has 0 fully saturated rings. The summed E-state index contributed by atoms with van der Waals surface area (Å²) in [6.07, 6.45) is 3.15. The van der Waals surface area contributed by atoms with Crippen LogP contribution in [0.1, 0.15) is 25.7 Å². The first kappa shape index (κ1) is 15.7. The minimum Gasteiger partial charge on any atom is -0.364 e. The van der Waals surface area contributed by atoms with Crippen LogP contribution in [0, 0.1) is 5.92 Å². The quantitative estimate of drug-likeness (QED) is 0.771. The van der Waals surface area contributed by atoms with Crippen molar-refractivity contribution in [2.75, 3.05) is 0 Å². The third-order valence-corrected chi connectivity index (χ3v) is 4.32. The maximum absolute atomic E-state index is 12.1. The van der Waals surface area contributed by atoms with Gasteiger partial charge in [-0.25, -0.2) is 4.98 Å². The summed E-state index contributed by atoms with van der Waals surface area (Å²) in [5.74, 6) is 0.721. The second kappa shape index (κ2) is 5.97. The van der Waals surface area contributed by atoms with Crippen LogP contribution in [-0.4, -0.2) is 15.1 Å². The van der Waals surface area contributed by atoms with Crippen molar-refractivity contribution < 1.29 is 4.52 Å². The van der Waals surface area contributed by atoms with E-state index in [0.29, 0.717) is 16.0 Å². The van der Waals surface area contributed by atoms with Gasteiger partial charge >= 0.3 is 0 Å². The lowest BCUT2D eigenvalue weighted by Gasteiger charge is -2.13. The number of hydrogen-bond donors (Lipinski definition) is 2. The van der Waals surface area contributed by atoms with Crippen molar-refractivity contribution in [3.05, 3.63) is 34.7 Å². The second-order valence-electron chi connectivity index (χ2n) is 4.96. The number of nitrogens with zero attached hydrogens (tertiary/aromatic N) is 2. The van der Waals surface area contributed by atoms with E-state index in [1.54, 1.807) is 12.5 Å². The Kier molecular flexibility index (Phi) is 4.46. The number of aromatic amines is 1. The first-order valence-electron chi connectivity index (χ1n) is 6.25. The second-order valence-corrected chi connectivity index (χ2v) is 6.01. The highest BCUT2D eigenvalue weighted by atomic mass is 35.5. The van der Waals surface area contributed by atoms with Gasteiger partial charge in [-0.2, -0.15) is 0 Å². The Morgan fingerprint density at radius 2 is 2.19 bits per heavy atom. The van der Waals surface area contributed by atoms with E-state index in [9.17, 15) is 4.79 Å². The maximum Gasteiger partial charge on any atom is 0.268 e. The van der Waals surface area contributed by atoms with Crippen molar-refractivity contribution in [1.29, 1.82) is 0 Å². The SMILES string of the molecule is CC(C)[C@H](N)c1nc2cc(-c3cnoc3)sc2c(=O)[nH]1.Cl. The van der Waals surface area contributed by atoms with Crippen LogP contribution in [0.4, 0.5) is 0 Å². The van der Waals surface area contributed by atoms with Crippen LogP contribution in [-0.2, 0) is 0 Å². The third-order valence-electron chi connectivity index (χ3n) is 3.15. The van der Waals surface area contributed by atoms with Crippen molar-refractivity contribution in [2.45, 2.75) is 19.9 Å². The number of halogens is 1. The van der Waals surface area contributed by atoms with Crippen LogP contribution < -0.4 is 11.3 Å². The Balaban J connectivity index is 0.00000161. The highest BCUT2D eigenvalue weighted by molar-refractivity contribution is 7.22. The van der Waals surface area contributed by atoms with Gasteiger partial charge in [-0.05, 0) is 12.0 Å². The summed E-state index contributed by atoms with van der Waals surface area (Å²) in [5.41, 5.74) is 7.38. The topological polar surface area (TPSA) is 97.8 Å². The molecule has 0 aromatic carbocycles. The molecule has 0 radical (unpaired) electrons. The Labute approximate surface area is 130 Å². The van der Waals surface area contributed by atoms with E-state index in [4.69, 9.17) is 10.3 Å². The third kappa shape index (κ3) is 2.85. The van der Waals surface area contributed by atoms with Gasteiger partial charge in [0.05, 0.1) is 23.3 Å². The van der Waals surface area contributed by atoms with E-state index in [1.807, 2.05) is 19.9 Å². The minimum absolute atomic E-state index is 0. The molecule has 1 atom stereocenters. The number of nitrogens with two attached hydrogens (primary N) is 1. The zero-order chi connectivity index (χ0) is 14.3. The summed E-state index contributed by atoms with van der Waals surface area (Å²) in [6, 6.07) is 1.57. The Bertz CT molecular complexity index is 794. The van der Waals surface area contributed by atoms with Crippen LogP contribution in [0.5, 0.6) is 0 Å². The normalized spacial score (nSPS) is 12.6. The minimum atomic E-state index is -0.286. The molecule has 0 spiro atoms. The smallest absolute Gasteiger partial charge is 0.268 e. The van der Waals surface area contributed by atoms with Crippen LogP contribution in [0.2, 0.25) is 0 Å². The fraction of sp³-hybridized carbons (Fsp3) is 0.308. The highest BCUT2D eigenvalue weighted by Gasteiger charge is 2.17. The summed E-state index contributed by atoms with van der Waals surface area (Å²) in [7, 11) is 0. The molecular weight excluding hydrogens is 312 g/mol. The predicted octanol–water partition coefficient (Wildman–Crippen LogP) is 2.72. The molecule has 0 bridgehead atoms. The summed E-state index contributed by atoms with van der Waals surface area (Å²) in [5, 5.41) is 3.67. The molecule has 3 heterocycles. The lowest BCUT2D eigenvalue weighted by Crippen LogP contribution is -2.23. The monoisotopic (exact) mass is 326 g/mol. The van der Waals surface area contributed by atoms with Gasteiger partial charge in [-0.3, -0.25) is 4.79 Å². The van der Waals surface area contributed by atoms with Crippen LogP contribution in [0.3, 0.4) is 0 Å². The Morgan fingerprint density at radius 3 is 2.81 bits per heavy atom. The molecule has 0 aliphatic rings. The molecule has 6 nitrogen and oxygen atoms in total. The molecule has 3 aromatic rings. The van der Waals surface area contributed by atoms with Gasteiger partial charge in [0, 0.05) is 4.88 Å². The van der Waals surface area contributed by atoms with Gasteiger partial charge in [-0.1, -0.05) is 19.0 Å². The molecule has 8 heteroatoms. The standard InChI is InChI=1S/C13H14N4O2S.ClH/c1-6(2)10(14)12-16-8-3-9(7-4-15-19-5-7)20-11(8)13(18)17-12;/h3-6,10H,14H2,1-2H3,(H,16,17,18);1H/t10-;/m0./s1. The van der Waals surface area contributed by atoms with E-state index in [2.05, 4.69) is 15.1 Å². The number of fused-ring (bicyclic) bond motifs is 1. The predicted molar refractivity (Wildman–Crippen MR) is 84.8 cm³/mol. The first-order chi connectivity index (χ1) is 9.56. The molecular formula is C13H15ClN4O2S. The molecule has 3 aromatic heterocycles. The van der Waals surface area contributed by atoms with Gasteiger partial charge in [-0.15, -0.1) is 23.7 Å². The number of hydrogen-bond acceptors (Lipinski definition) is 6. The van der Waals surface area contributed by atoms with E-state index >= 15 is 0 Å². The summed E-state index contributed by atoms with van der Waals surface area (Å²) in [4.78, 5) is 20.3. The summed E-state index contributed by atoms with van der Waals surface area (Å²) >= 11 is 1.36. The molecule has 112 valence electrons. The number of H-pyrrole nitrogens is 1. The lowest BCUT2D eigenvalue weighted by molar-refractivity contribution is 0.420. The first-order valence-corrected chi connectivity index (χ1v) is 7.07. The Hall–Kier alpha value is -1.70. The molecule has 0 saturated carbocycles. The molecule has 3 rings (SSSR count). The number of thiophene rings is 1. The zero-order valence-electron chi connectivity index (χ0n) is 11.5. The number of rotatable bonds is 3. The van der Waals surface area contributed by atoms with E-state index in [-0.39, 0.29) is 29.9 Å². The van der Waals surface area contributed by atoms with Crippen molar-refractivity contribution >= 4 is 34.0 Å². The lowest BCUT2D eigenvalue weighted by atomic mass is 10.1. The average Bonchev–Trinajstić information content (AvgIpc) is 3.05. The van der Waals surface area contributed by atoms with Gasteiger partial charge in [0.1, 0.15) is 16.8 Å². The number of aromatic nitrogens is 3. The molecule has 3 N–H and O–H groups in total. The van der Waals surface area contributed by atoms with Crippen LogP contribution in [0.15, 0.2) is 27.8 Å². The van der Waals surface area contributed by atoms with Gasteiger partial charge in [0.15, 0.2) is 0 Å². The Morgan fingerprint density at radius 1 is 1.43 bits per heavy atom.